The van der Waals surface area contributed by atoms with E-state index in [-0.39, 0.29) is 18.0 Å². The topological polar surface area (TPSA) is 26.3 Å². The minimum absolute atomic E-state index is 0.0811. The van der Waals surface area contributed by atoms with Crippen molar-refractivity contribution in [3.05, 3.63) is 71.3 Å². The van der Waals surface area contributed by atoms with Gasteiger partial charge >= 0.3 is 5.97 Å². The normalized spacial score (nSPS) is 26.5. The van der Waals surface area contributed by atoms with E-state index in [9.17, 15) is 4.79 Å². The summed E-state index contributed by atoms with van der Waals surface area (Å²) in [4.78, 5) is 12.8. The minimum Gasteiger partial charge on any atom is -0.462 e. The summed E-state index contributed by atoms with van der Waals surface area (Å²) >= 11 is 0. The molecule has 0 spiro atoms. The number of ether oxygens (including phenoxy) is 1. The van der Waals surface area contributed by atoms with Crippen LogP contribution in [0.15, 0.2) is 54.6 Å². The van der Waals surface area contributed by atoms with Gasteiger partial charge in [0.15, 0.2) is 0 Å². The fourth-order valence-electron chi connectivity index (χ4n) is 6.05. The molecule has 0 bridgehead atoms. The summed E-state index contributed by atoms with van der Waals surface area (Å²) in [5.74, 6) is 2.16. The van der Waals surface area contributed by atoms with Crippen LogP contribution < -0.4 is 0 Å². The largest absolute Gasteiger partial charge is 0.462 e. The van der Waals surface area contributed by atoms with Crippen LogP contribution in [0.1, 0.15) is 107 Å². The monoisotopic (exact) mass is 446 g/mol. The van der Waals surface area contributed by atoms with E-state index in [1.54, 1.807) is 0 Å². The first-order valence-electron chi connectivity index (χ1n) is 13.5. The summed E-state index contributed by atoms with van der Waals surface area (Å²) in [7, 11) is 0. The van der Waals surface area contributed by atoms with Crippen LogP contribution in [0, 0.1) is 11.8 Å². The van der Waals surface area contributed by atoms with Crippen molar-refractivity contribution in [3.8, 4) is 0 Å². The lowest BCUT2D eigenvalue weighted by Crippen LogP contribution is -2.29. The van der Waals surface area contributed by atoms with Gasteiger partial charge in [-0.1, -0.05) is 81.3 Å². The maximum Gasteiger partial charge on any atom is 0.309 e. The SMILES string of the molecule is CCCC1CCC(OC(=O)C2CCC(c3ccc(C[C@@H](C)c4ccccc4)cc3)CC2)CC1. The zero-order chi connectivity index (χ0) is 23.0. The maximum absolute atomic E-state index is 12.8. The van der Waals surface area contributed by atoms with Crippen molar-refractivity contribution in [2.75, 3.05) is 0 Å². The number of carbonyl (C=O) groups excluding carboxylic acids is 1. The summed E-state index contributed by atoms with van der Waals surface area (Å²) in [5, 5.41) is 0. The van der Waals surface area contributed by atoms with Crippen LogP contribution in [0.2, 0.25) is 0 Å². The first-order chi connectivity index (χ1) is 16.1. The lowest BCUT2D eigenvalue weighted by molar-refractivity contribution is -0.157. The molecule has 0 N–H and O–H groups in total. The molecule has 0 aromatic heterocycles. The van der Waals surface area contributed by atoms with Gasteiger partial charge in [0.1, 0.15) is 6.10 Å². The molecule has 4 rings (SSSR count). The fourth-order valence-corrected chi connectivity index (χ4v) is 6.05. The predicted octanol–water partition coefficient (Wildman–Crippen LogP) is 8.21. The van der Waals surface area contributed by atoms with Gasteiger partial charge in [0, 0.05) is 0 Å². The molecule has 2 fully saturated rings. The van der Waals surface area contributed by atoms with Crippen molar-refractivity contribution in [1.29, 1.82) is 0 Å². The zero-order valence-corrected chi connectivity index (χ0v) is 20.7. The van der Waals surface area contributed by atoms with Gasteiger partial charge in [-0.15, -0.1) is 0 Å². The molecule has 0 saturated heterocycles. The fraction of sp³-hybridized carbons (Fsp3) is 0.581. The second kappa shape index (κ2) is 11.9. The number of benzene rings is 2. The molecule has 0 radical (unpaired) electrons. The number of carbonyl (C=O) groups is 1. The standard InChI is InChI=1S/C31H42O2/c1-3-7-24-12-20-30(21-13-24)33-31(32)29-18-16-28(17-19-29)27-14-10-25(11-15-27)22-23(2)26-8-5-4-6-9-26/h4-6,8-11,14-15,23-24,28-30H,3,7,12-13,16-22H2,1-2H3/t23-,24?,28?,29?,30?/m1/s1. The summed E-state index contributed by atoms with van der Waals surface area (Å²) in [6, 6.07) is 20.0. The molecule has 2 nitrogen and oxygen atoms in total. The lowest BCUT2D eigenvalue weighted by atomic mass is 9.78. The van der Waals surface area contributed by atoms with Gasteiger partial charge in [-0.05, 0) is 92.2 Å². The Morgan fingerprint density at radius 2 is 1.55 bits per heavy atom. The highest BCUT2D eigenvalue weighted by Crippen LogP contribution is 2.37. The average molecular weight is 447 g/mol. The molecule has 2 heteroatoms. The number of hydrogen-bond acceptors (Lipinski definition) is 2. The van der Waals surface area contributed by atoms with Crippen molar-refractivity contribution in [3.63, 3.8) is 0 Å². The summed E-state index contributed by atoms with van der Waals surface area (Å²) < 4.78 is 5.95. The molecule has 0 heterocycles. The van der Waals surface area contributed by atoms with E-state index in [1.165, 1.54) is 42.4 Å². The second-order valence-corrected chi connectivity index (χ2v) is 10.7. The molecule has 2 aliphatic carbocycles. The molecular weight excluding hydrogens is 404 g/mol. The van der Waals surface area contributed by atoms with Crippen LogP contribution in [0.4, 0.5) is 0 Å². The molecule has 2 aliphatic rings. The third kappa shape index (κ3) is 6.71. The summed E-state index contributed by atoms with van der Waals surface area (Å²) in [6.07, 6.45) is 12.6. The van der Waals surface area contributed by atoms with Crippen molar-refractivity contribution in [1.82, 2.24) is 0 Å². The van der Waals surface area contributed by atoms with E-state index < -0.39 is 0 Å². The van der Waals surface area contributed by atoms with Crippen molar-refractivity contribution < 1.29 is 9.53 Å². The molecule has 2 aromatic rings. The van der Waals surface area contributed by atoms with Gasteiger partial charge in [0.25, 0.3) is 0 Å². The van der Waals surface area contributed by atoms with Gasteiger partial charge in [0.05, 0.1) is 5.92 Å². The molecule has 0 amide bonds. The number of hydrogen-bond donors (Lipinski definition) is 0. The first kappa shape index (κ1) is 24.0. The third-order valence-electron chi connectivity index (χ3n) is 8.20. The maximum atomic E-state index is 12.8. The van der Waals surface area contributed by atoms with Gasteiger partial charge < -0.3 is 4.74 Å². The van der Waals surface area contributed by atoms with Crippen LogP contribution in [0.3, 0.4) is 0 Å². The lowest BCUT2D eigenvalue weighted by Gasteiger charge is -2.31. The Morgan fingerprint density at radius 3 is 2.18 bits per heavy atom. The second-order valence-electron chi connectivity index (χ2n) is 10.7. The molecule has 2 aromatic carbocycles. The van der Waals surface area contributed by atoms with E-state index in [4.69, 9.17) is 4.74 Å². The van der Waals surface area contributed by atoms with Crippen LogP contribution in [-0.2, 0) is 16.0 Å². The smallest absolute Gasteiger partial charge is 0.309 e. The number of rotatable bonds is 8. The average Bonchev–Trinajstić information content (AvgIpc) is 2.86. The molecule has 0 unspecified atom stereocenters. The van der Waals surface area contributed by atoms with Crippen molar-refractivity contribution in [2.24, 2.45) is 11.8 Å². The van der Waals surface area contributed by atoms with Crippen molar-refractivity contribution >= 4 is 5.97 Å². The van der Waals surface area contributed by atoms with Gasteiger partial charge in [-0.25, -0.2) is 0 Å². The molecule has 1 atom stereocenters. The molecule has 178 valence electrons. The van der Waals surface area contributed by atoms with Crippen LogP contribution >= 0.6 is 0 Å². The summed E-state index contributed by atoms with van der Waals surface area (Å²) in [5.41, 5.74) is 4.24. The first-order valence-corrected chi connectivity index (χ1v) is 13.5. The van der Waals surface area contributed by atoms with Gasteiger partial charge in [-0.3, -0.25) is 4.79 Å². The van der Waals surface area contributed by atoms with Crippen LogP contribution in [-0.4, -0.2) is 12.1 Å². The minimum atomic E-state index is 0.0811. The Hall–Kier alpha value is -2.09. The third-order valence-corrected chi connectivity index (χ3v) is 8.20. The van der Waals surface area contributed by atoms with E-state index in [1.807, 2.05) is 0 Å². The predicted molar refractivity (Wildman–Crippen MR) is 136 cm³/mol. The van der Waals surface area contributed by atoms with Crippen molar-refractivity contribution in [2.45, 2.75) is 102 Å². The van der Waals surface area contributed by atoms with Gasteiger partial charge in [0.2, 0.25) is 0 Å². The Bertz CT molecular complexity index is 840. The number of esters is 1. The molecule has 2 saturated carbocycles. The highest BCUT2D eigenvalue weighted by molar-refractivity contribution is 5.72. The highest BCUT2D eigenvalue weighted by atomic mass is 16.5. The van der Waals surface area contributed by atoms with Gasteiger partial charge in [-0.2, -0.15) is 0 Å². The Morgan fingerprint density at radius 1 is 0.879 bits per heavy atom. The Balaban J connectivity index is 1.21. The highest BCUT2D eigenvalue weighted by Gasteiger charge is 2.31. The molecule has 33 heavy (non-hydrogen) atoms. The molecular formula is C31H42O2. The van der Waals surface area contributed by atoms with Crippen LogP contribution in [0.5, 0.6) is 0 Å². The van der Waals surface area contributed by atoms with E-state index in [2.05, 4.69) is 68.4 Å². The molecule has 0 aliphatic heterocycles. The summed E-state index contributed by atoms with van der Waals surface area (Å²) in [6.45, 7) is 4.57. The Kier molecular flexibility index (Phi) is 8.64. The van der Waals surface area contributed by atoms with Crippen LogP contribution in [0.25, 0.3) is 0 Å². The zero-order valence-electron chi connectivity index (χ0n) is 20.7. The Labute approximate surface area is 201 Å². The van der Waals surface area contributed by atoms with E-state index in [0.717, 1.165) is 50.9 Å². The quantitative estimate of drug-likeness (QED) is 0.382. The van der Waals surface area contributed by atoms with E-state index in [0.29, 0.717) is 11.8 Å². The van der Waals surface area contributed by atoms with E-state index >= 15 is 0 Å².